The third-order valence-corrected chi connectivity index (χ3v) is 7.74. The molecule has 5 rings (SSSR count). The van der Waals surface area contributed by atoms with E-state index < -0.39 is 11.4 Å². The molecule has 0 spiro atoms. The maximum Gasteiger partial charge on any atom is 0.0501 e. The van der Waals surface area contributed by atoms with Crippen molar-refractivity contribution < 1.29 is 9.90 Å². The Bertz CT molecular complexity index is 1200. The third-order valence-electron chi connectivity index (χ3n) is 7.19. The Morgan fingerprint density at radius 1 is 0.970 bits per heavy atom. The summed E-state index contributed by atoms with van der Waals surface area (Å²) in [5.74, 6) is -1.42. The highest BCUT2D eigenvalue weighted by Crippen LogP contribution is 2.57. The number of hydrogen-bond donors (Lipinski definition) is 0. The van der Waals surface area contributed by atoms with E-state index in [0.717, 1.165) is 22.3 Å². The maximum absolute atomic E-state index is 13.0. The van der Waals surface area contributed by atoms with Gasteiger partial charge in [-0.1, -0.05) is 96.0 Å². The Balaban J connectivity index is 1.61. The van der Waals surface area contributed by atoms with Crippen molar-refractivity contribution in [2.75, 3.05) is 13.1 Å². The molecule has 1 aliphatic heterocycles. The molecule has 3 aromatic rings. The third kappa shape index (κ3) is 3.99. The van der Waals surface area contributed by atoms with E-state index in [-0.39, 0.29) is 11.8 Å². The Morgan fingerprint density at radius 2 is 1.67 bits per heavy atom. The average molecular weight is 477 g/mol. The average Bonchev–Trinajstić information content (AvgIpc) is 3.20. The minimum absolute atomic E-state index is 0.177. The molecule has 168 valence electrons. The van der Waals surface area contributed by atoms with Crippen LogP contribution in [0.3, 0.4) is 0 Å². The highest BCUT2D eigenvalue weighted by Gasteiger charge is 2.55. The minimum atomic E-state index is -1.05. The summed E-state index contributed by atoms with van der Waals surface area (Å²) in [5, 5.41) is 14.1. The van der Waals surface area contributed by atoms with E-state index in [1.165, 1.54) is 0 Å². The summed E-state index contributed by atoms with van der Waals surface area (Å²) in [7, 11) is 0. The van der Waals surface area contributed by atoms with Crippen LogP contribution in [0.15, 0.2) is 84.9 Å². The number of carbonyl (C=O) groups excluding carboxylic acids is 1. The zero-order chi connectivity index (χ0) is 23.0. The molecule has 1 aliphatic carbocycles. The standard InChI is InChI=1S/C28H25Cl2NO2/c29-21-11-12-23(26(30)15-21)22-13-14-24(20-9-5-2-6-10-20)28(27(32)33)18-31(17-25(22)28)16-19-7-3-1-4-8-19/h1-13,15,24-25H,14,16-18H2,(H,32,33)/p-1. The van der Waals surface area contributed by atoms with Crippen LogP contribution in [-0.4, -0.2) is 24.0 Å². The van der Waals surface area contributed by atoms with E-state index in [9.17, 15) is 9.90 Å². The molecule has 33 heavy (non-hydrogen) atoms. The van der Waals surface area contributed by atoms with Gasteiger partial charge in [-0.3, -0.25) is 4.90 Å². The number of carboxylic acids is 1. The van der Waals surface area contributed by atoms with Gasteiger partial charge in [-0.25, -0.2) is 0 Å². The van der Waals surface area contributed by atoms with Crippen LogP contribution in [-0.2, 0) is 11.3 Å². The molecule has 0 aromatic heterocycles. The lowest BCUT2D eigenvalue weighted by Crippen LogP contribution is -2.53. The SMILES string of the molecule is O=C([O-])C12CN(Cc3ccccc3)CC1C(c1ccc(Cl)cc1Cl)=CCC2c1ccccc1. The molecule has 0 radical (unpaired) electrons. The second kappa shape index (κ2) is 8.98. The number of rotatable bonds is 5. The first-order chi connectivity index (χ1) is 16.0. The predicted molar refractivity (Wildman–Crippen MR) is 131 cm³/mol. The molecule has 1 fully saturated rings. The summed E-state index contributed by atoms with van der Waals surface area (Å²) in [4.78, 5) is 15.3. The van der Waals surface area contributed by atoms with Crippen molar-refractivity contribution in [1.82, 2.24) is 4.90 Å². The summed E-state index contributed by atoms with van der Waals surface area (Å²) in [5.41, 5.74) is 2.97. The van der Waals surface area contributed by atoms with Crippen LogP contribution in [0.4, 0.5) is 0 Å². The summed E-state index contributed by atoms with van der Waals surface area (Å²) < 4.78 is 0. The first-order valence-electron chi connectivity index (χ1n) is 11.2. The number of halogens is 2. The highest BCUT2D eigenvalue weighted by molar-refractivity contribution is 6.35. The van der Waals surface area contributed by atoms with E-state index >= 15 is 0 Å². The molecule has 1 heterocycles. The molecule has 0 amide bonds. The molecule has 3 atom stereocenters. The molecular formula is C28H24Cl2NO2-. The van der Waals surface area contributed by atoms with Crippen LogP contribution in [0.1, 0.15) is 29.0 Å². The minimum Gasteiger partial charge on any atom is -0.549 e. The van der Waals surface area contributed by atoms with Gasteiger partial charge < -0.3 is 9.90 Å². The first-order valence-corrected chi connectivity index (χ1v) is 11.9. The van der Waals surface area contributed by atoms with Crippen LogP contribution in [0, 0.1) is 11.3 Å². The van der Waals surface area contributed by atoms with Crippen molar-refractivity contribution in [3.63, 3.8) is 0 Å². The lowest BCUT2D eigenvalue weighted by atomic mass is 9.59. The molecule has 1 saturated heterocycles. The molecule has 0 bridgehead atoms. The Morgan fingerprint density at radius 3 is 2.33 bits per heavy atom. The fraction of sp³-hybridized carbons (Fsp3) is 0.250. The molecule has 3 unspecified atom stereocenters. The molecular weight excluding hydrogens is 453 g/mol. The first kappa shape index (κ1) is 22.2. The fourth-order valence-corrected chi connectivity index (χ4v) is 6.26. The predicted octanol–water partition coefficient (Wildman–Crippen LogP) is 5.43. The fourth-order valence-electron chi connectivity index (χ4n) is 5.74. The van der Waals surface area contributed by atoms with E-state index in [1.54, 1.807) is 6.07 Å². The van der Waals surface area contributed by atoms with E-state index in [0.29, 0.717) is 36.1 Å². The van der Waals surface area contributed by atoms with Crippen molar-refractivity contribution >= 4 is 34.7 Å². The number of carbonyl (C=O) groups is 1. The Labute approximate surface area is 204 Å². The summed E-state index contributed by atoms with van der Waals surface area (Å²) >= 11 is 12.7. The summed E-state index contributed by atoms with van der Waals surface area (Å²) in [6.45, 7) is 1.74. The van der Waals surface area contributed by atoms with Crippen LogP contribution in [0.25, 0.3) is 5.57 Å². The van der Waals surface area contributed by atoms with Crippen molar-refractivity contribution in [3.05, 3.63) is 112 Å². The number of hydrogen-bond acceptors (Lipinski definition) is 3. The number of fused-ring (bicyclic) bond motifs is 1. The maximum atomic E-state index is 13.0. The smallest absolute Gasteiger partial charge is 0.0501 e. The highest BCUT2D eigenvalue weighted by atomic mass is 35.5. The number of benzene rings is 3. The van der Waals surface area contributed by atoms with E-state index in [2.05, 4.69) is 23.1 Å². The van der Waals surface area contributed by atoms with Gasteiger partial charge in [0.1, 0.15) is 0 Å². The number of aliphatic carboxylic acids is 1. The Hall–Kier alpha value is -2.59. The van der Waals surface area contributed by atoms with Gasteiger partial charge in [-0.05, 0) is 40.8 Å². The van der Waals surface area contributed by atoms with Crippen LogP contribution in [0.5, 0.6) is 0 Å². The summed E-state index contributed by atoms with van der Waals surface area (Å²) in [6, 6.07) is 25.6. The van der Waals surface area contributed by atoms with Gasteiger partial charge in [0, 0.05) is 46.9 Å². The van der Waals surface area contributed by atoms with Gasteiger partial charge in [0.15, 0.2) is 0 Å². The zero-order valence-corrected chi connectivity index (χ0v) is 19.6. The molecule has 3 nitrogen and oxygen atoms in total. The van der Waals surface area contributed by atoms with Gasteiger partial charge in [-0.2, -0.15) is 0 Å². The van der Waals surface area contributed by atoms with Gasteiger partial charge >= 0.3 is 0 Å². The quantitative estimate of drug-likeness (QED) is 0.492. The number of carboxylic acid groups (broad SMARTS) is 1. The number of allylic oxidation sites excluding steroid dienone is 1. The molecule has 0 N–H and O–H groups in total. The van der Waals surface area contributed by atoms with Gasteiger partial charge in [-0.15, -0.1) is 0 Å². The monoisotopic (exact) mass is 476 g/mol. The van der Waals surface area contributed by atoms with E-state index in [1.807, 2.05) is 60.7 Å². The Kier molecular flexibility index (Phi) is 6.05. The topological polar surface area (TPSA) is 43.4 Å². The van der Waals surface area contributed by atoms with Crippen molar-refractivity contribution in [3.8, 4) is 0 Å². The largest absolute Gasteiger partial charge is 0.549 e. The van der Waals surface area contributed by atoms with Crippen LogP contribution in [0.2, 0.25) is 10.0 Å². The van der Waals surface area contributed by atoms with Gasteiger partial charge in [0.05, 0.1) is 5.97 Å². The van der Waals surface area contributed by atoms with Crippen LogP contribution < -0.4 is 5.11 Å². The lowest BCUT2D eigenvalue weighted by molar-refractivity contribution is -0.321. The lowest BCUT2D eigenvalue weighted by Gasteiger charge is -2.46. The second-order valence-corrected chi connectivity index (χ2v) is 9.86. The van der Waals surface area contributed by atoms with Gasteiger partial charge in [0.25, 0.3) is 0 Å². The zero-order valence-electron chi connectivity index (χ0n) is 18.1. The van der Waals surface area contributed by atoms with Crippen LogP contribution >= 0.6 is 23.2 Å². The number of likely N-dealkylation sites (tertiary alicyclic amines) is 1. The van der Waals surface area contributed by atoms with Crippen molar-refractivity contribution in [2.24, 2.45) is 11.3 Å². The molecule has 0 saturated carbocycles. The normalized spacial score (nSPS) is 24.8. The van der Waals surface area contributed by atoms with E-state index in [4.69, 9.17) is 23.2 Å². The molecule has 5 heteroatoms. The summed E-state index contributed by atoms with van der Waals surface area (Å²) in [6.07, 6.45) is 2.78. The number of nitrogens with zero attached hydrogens (tertiary/aromatic N) is 1. The second-order valence-electron chi connectivity index (χ2n) is 9.02. The van der Waals surface area contributed by atoms with Gasteiger partial charge in [0.2, 0.25) is 0 Å². The van der Waals surface area contributed by atoms with Crippen molar-refractivity contribution in [1.29, 1.82) is 0 Å². The molecule has 3 aromatic carbocycles. The van der Waals surface area contributed by atoms with Crippen molar-refractivity contribution in [2.45, 2.75) is 18.9 Å². The molecule has 2 aliphatic rings.